The number of carbonyl (C=O) groups excluding carboxylic acids is 2. The number of alkyl halides is 23. The Bertz CT molecular complexity index is 1290. The van der Waals surface area contributed by atoms with Crippen LogP contribution < -0.4 is 5.32 Å². The number of amides is 1. The van der Waals surface area contributed by atoms with Gasteiger partial charge in [-0.05, 0) is 6.42 Å². The molecule has 1 amide bonds. The highest BCUT2D eigenvalue weighted by Crippen LogP contribution is 2.49. The van der Waals surface area contributed by atoms with Gasteiger partial charge >= 0.3 is 60.7 Å². The van der Waals surface area contributed by atoms with Crippen molar-refractivity contribution in [3.05, 3.63) is 0 Å². The summed E-state index contributed by atoms with van der Waals surface area (Å²) in [6, 6.07) is 0. The molecule has 0 heterocycles. The molecule has 0 bridgehead atoms. The van der Waals surface area contributed by atoms with Crippen LogP contribution in [0, 0.1) is 0 Å². The first-order valence-corrected chi connectivity index (χ1v) is 15.2. The molecule has 0 aromatic rings. The number of nitrogens with one attached hydrogen (secondary N) is 1. The predicted octanol–water partition coefficient (Wildman–Crippen LogP) is 8.05. The normalized spacial score (nSPS) is 17.4. The van der Waals surface area contributed by atoms with E-state index < -0.39 is 156 Å². The average Bonchev–Trinajstić information content (AvgIpc) is 3.03. The van der Waals surface area contributed by atoms with Crippen LogP contribution in [0.25, 0.3) is 0 Å². The smallest absolute Gasteiger partial charge is 0.379 e. The second-order valence-corrected chi connectivity index (χ2v) is 11.0. The molecule has 4 atom stereocenters. The highest BCUT2D eigenvalue weighted by molar-refractivity contribution is 5.86. The minimum absolute atomic E-state index is 0.622. The molecule has 0 aromatic carbocycles. The van der Waals surface area contributed by atoms with E-state index in [0.29, 0.717) is 6.92 Å². The van der Waals surface area contributed by atoms with Gasteiger partial charge in [-0.25, -0.2) is 0 Å². The van der Waals surface area contributed by atoms with Crippen molar-refractivity contribution in [2.75, 3.05) is 46.2 Å². The molecule has 9 nitrogen and oxygen atoms in total. The monoisotopic (exact) mass is 919 g/mol. The number of carbonyl (C=O) groups is 2. The van der Waals surface area contributed by atoms with E-state index in [-0.39, 0.29) is 0 Å². The molecule has 0 saturated carbocycles. The molecular formula is C26H28F23NO8. The fourth-order valence-electron chi connectivity index (χ4n) is 3.44. The maximum Gasteiger partial charge on any atom is 0.457 e. The fraction of sp³-hybridized carbons (Fsp3) is 0.923. The van der Waals surface area contributed by atoms with Crippen LogP contribution in [0.5, 0.6) is 0 Å². The zero-order valence-electron chi connectivity index (χ0n) is 28.4. The van der Waals surface area contributed by atoms with Crippen LogP contribution in [-0.2, 0) is 38.0 Å². The van der Waals surface area contributed by atoms with Crippen LogP contribution >= 0.6 is 0 Å². The molecule has 0 radical (unpaired) electrons. The Morgan fingerprint density at radius 3 is 1.53 bits per heavy atom. The van der Waals surface area contributed by atoms with Crippen molar-refractivity contribution in [1.29, 1.82) is 0 Å². The molecule has 0 saturated heterocycles. The third-order valence-electron chi connectivity index (χ3n) is 6.53. The fourth-order valence-corrected chi connectivity index (χ4v) is 3.44. The predicted molar refractivity (Wildman–Crippen MR) is 138 cm³/mol. The Morgan fingerprint density at radius 1 is 0.586 bits per heavy atom. The van der Waals surface area contributed by atoms with Gasteiger partial charge < -0.3 is 29.0 Å². The van der Waals surface area contributed by atoms with Gasteiger partial charge in [-0.3, -0.25) is 14.3 Å². The zero-order chi connectivity index (χ0) is 46.0. The summed E-state index contributed by atoms with van der Waals surface area (Å²) in [5, 5.41) is 1.14. The number of hydrogen-bond acceptors (Lipinski definition) is 8. The topological polar surface area (TPSA) is 102 Å². The summed E-state index contributed by atoms with van der Waals surface area (Å²) in [6.45, 7) is -8.96. The van der Waals surface area contributed by atoms with E-state index in [2.05, 4.69) is 23.7 Å². The number of halogens is 23. The molecule has 0 rings (SSSR count). The first kappa shape index (κ1) is 55.3. The van der Waals surface area contributed by atoms with Crippen LogP contribution in [0.1, 0.15) is 32.6 Å². The second-order valence-electron chi connectivity index (χ2n) is 11.0. The number of rotatable bonds is 25. The number of hydrogen-bond donors (Lipinski definition) is 1. The molecule has 0 aliphatic heterocycles. The van der Waals surface area contributed by atoms with Crippen molar-refractivity contribution in [2.45, 2.75) is 106 Å². The van der Waals surface area contributed by atoms with Gasteiger partial charge in [-0.2, -0.15) is 101 Å². The van der Waals surface area contributed by atoms with Gasteiger partial charge in [-0.15, -0.1) is 0 Å². The number of ketones is 1. The van der Waals surface area contributed by atoms with Crippen LogP contribution in [-0.4, -0.2) is 131 Å². The summed E-state index contributed by atoms with van der Waals surface area (Å²) in [6.07, 6.45) is -59.0. The largest absolute Gasteiger partial charge is 0.457 e. The average molecular weight is 919 g/mol. The first-order chi connectivity index (χ1) is 25.7. The highest BCUT2D eigenvalue weighted by atomic mass is 19.4. The molecular weight excluding hydrogens is 891 g/mol. The molecule has 346 valence electrons. The lowest BCUT2D eigenvalue weighted by Gasteiger charge is -2.36. The van der Waals surface area contributed by atoms with E-state index in [1.807, 2.05) is 0 Å². The van der Waals surface area contributed by atoms with Crippen molar-refractivity contribution >= 4 is 11.7 Å². The standard InChI is InChI=1S/C26H28F23NO8/c1-2-18(29,30)57-14(20(32,33)34)12-56-19(31,24(42,43)44)13(51)4-3-7-53-10-11-54-9-6-50-16(52)15(21(35,36)37)58-26(48,49)22(38,25(45,46)47)55-8-5-17(27,28)23(39,40)41/h14-15H,2-12H2,1H3,(H,50,52). The van der Waals surface area contributed by atoms with E-state index in [1.54, 1.807) is 0 Å². The van der Waals surface area contributed by atoms with Crippen molar-refractivity contribution in [2.24, 2.45) is 0 Å². The van der Waals surface area contributed by atoms with Crippen LogP contribution in [0.4, 0.5) is 101 Å². The molecule has 1 N–H and O–H groups in total. The molecule has 0 fully saturated rings. The SMILES string of the molecule is CCC(F)(F)OC(COC(F)(C(=O)CCCOCCOCCNC(=O)C(OC(F)(F)C(F)(OCCC(F)(F)C(F)(F)F)C(F)(F)F)C(F)(F)F)C(F)(F)F)C(F)(F)F. The molecule has 4 unspecified atom stereocenters. The first-order valence-electron chi connectivity index (χ1n) is 15.2. The van der Waals surface area contributed by atoms with Crippen LogP contribution in [0.2, 0.25) is 0 Å². The van der Waals surface area contributed by atoms with E-state index in [4.69, 9.17) is 4.74 Å². The molecule has 58 heavy (non-hydrogen) atoms. The van der Waals surface area contributed by atoms with Gasteiger partial charge in [0, 0.05) is 32.4 Å². The van der Waals surface area contributed by atoms with Gasteiger partial charge in [0.2, 0.25) is 11.9 Å². The van der Waals surface area contributed by atoms with Gasteiger partial charge in [-0.1, -0.05) is 6.92 Å². The third-order valence-corrected chi connectivity index (χ3v) is 6.53. The second kappa shape index (κ2) is 20.2. The van der Waals surface area contributed by atoms with E-state index >= 15 is 0 Å². The lowest BCUT2D eigenvalue weighted by molar-refractivity contribution is -0.472. The van der Waals surface area contributed by atoms with Crippen molar-refractivity contribution in [1.82, 2.24) is 5.32 Å². The minimum atomic E-state index is -7.20. The summed E-state index contributed by atoms with van der Waals surface area (Å²) in [4.78, 5) is 23.7. The summed E-state index contributed by atoms with van der Waals surface area (Å²) in [5.41, 5.74) is 0. The lowest BCUT2D eigenvalue weighted by atomic mass is 10.1. The molecule has 0 spiro atoms. The quantitative estimate of drug-likeness (QED) is 0.0726. The molecule has 0 aliphatic rings. The number of ether oxygens (including phenoxy) is 6. The molecule has 0 aromatic heterocycles. The van der Waals surface area contributed by atoms with Crippen LogP contribution in [0.3, 0.4) is 0 Å². The van der Waals surface area contributed by atoms with Gasteiger partial charge in [0.15, 0.2) is 6.10 Å². The van der Waals surface area contributed by atoms with Crippen molar-refractivity contribution < 1.29 is 139 Å². The summed E-state index contributed by atoms with van der Waals surface area (Å²) in [7, 11) is 0. The molecule has 0 aliphatic carbocycles. The van der Waals surface area contributed by atoms with Gasteiger partial charge in [0.05, 0.1) is 33.0 Å². The minimum Gasteiger partial charge on any atom is -0.379 e. The Kier molecular flexibility index (Phi) is 19.3. The summed E-state index contributed by atoms with van der Waals surface area (Å²) < 4.78 is 325. The Hall–Kier alpha value is -2.71. The zero-order valence-corrected chi connectivity index (χ0v) is 28.4. The maximum atomic E-state index is 14.5. The van der Waals surface area contributed by atoms with E-state index in [9.17, 15) is 111 Å². The molecule has 32 heteroatoms. The Morgan fingerprint density at radius 2 is 1.10 bits per heavy atom. The third kappa shape index (κ3) is 16.0. The van der Waals surface area contributed by atoms with E-state index in [1.165, 1.54) is 0 Å². The van der Waals surface area contributed by atoms with Gasteiger partial charge in [0.25, 0.3) is 5.91 Å². The van der Waals surface area contributed by atoms with Crippen molar-refractivity contribution in [3.63, 3.8) is 0 Å². The Balaban J connectivity index is 5.14. The lowest BCUT2D eigenvalue weighted by Crippen LogP contribution is -2.62. The van der Waals surface area contributed by atoms with Crippen LogP contribution in [0.15, 0.2) is 0 Å². The highest BCUT2D eigenvalue weighted by Gasteiger charge is 2.76. The van der Waals surface area contributed by atoms with E-state index in [0.717, 1.165) is 5.32 Å². The Labute approximate surface area is 308 Å². The number of Topliss-reactive ketones (excluding diaryl/α,β-unsaturated/α-hetero) is 1. The van der Waals surface area contributed by atoms with Gasteiger partial charge in [0.1, 0.15) is 0 Å². The summed E-state index contributed by atoms with van der Waals surface area (Å²) >= 11 is 0. The summed E-state index contributed by atoms with van der Waals surface area (Å²) in [5.74, 6) is -23.6. The van der Waals surface area contributed by atoms with Crippen molar-refractivity contribution in [3.8, 4) is 0 Å². The maximum absolute atomic E-state index is 14.5.